The molecule has 106 valence electrons. The van der Waals surface area contributed by atoms with E-state index in [1.807, 2.05) is 0 Å². The third kappa shape index (κ3) is 3.72. The summed E-state index contributed by atoms with van der Waals surface area (Å²) in [5.41, 5.74) is 5.94. The second kappa shape index (κ2) is 6.41. The molecule has 6 heteroatoms. The lowest BCUT2D eigenvalue weighted by Crippen LogP contribution is -2.16. The minimum absolute atomic E-state index is 0.0536. The standard InChI is InChI=1S/C15H13N3O3/c16-7-3-5-10-4-1-2-6-12(10)17-15(21)11-8-13(19)18-14(20)9-11/h1-2,4,6,8-9H,7,16H2,(H,17,21)(H2,18,19,20). The number of hydrogen-bond donors (Lipinski definition) is 4. The number of benzene rings is 1. The monoisotopic (exact) mass is 283 g/mol. The lowest BCUT2D eigenvalue weighted by Gasteiger charge is -2.07. The number of nitrogens with one attached hydrogen (secondary N) is 2. The van der Waals surface area contributed by atoms with Gasteiger partial charge in [-0.05, 0) is 12.1 Å². The Morgan fingerprint density at radius 2 is 2.10 bits per heavy atom. The summed E-state index contributed by atoms with van der Waals surface area (Å²) in [6.07, 6.45) is 0. The number of carbonyl (C=O) groups is 1. The maximum Gasteiger partial charge on any atom is 0.256 e. The third-order valence-electron chi connectivity index (χ3n) is 2.59. The highest BCUT2D eigenvalue weighted by Crippen LogP contribution is 2.15. The van der Waals surface area contributed by atoms with Gasteiger partial charge in [0, 0.05) is 17.7 Å². The van der Waals surface area contributed by atoms with Crippen LogP contribution in [-0.4, -0.2) is 22.5 Å². The molecular weight excluding hydrogens is 270 g/mol. The first-order valence-electron chi connectivity index (χ1n) is 6.13. The fourth-order valence-electron chi connectivity index (χ4n) is 1.70. The van der Waals surface area contributed by atoms with Crippen molar-refractivity contribution in [3.8, 4) is 17.7 Å². The molecule has 0 aliphatic rings. The number of amides is 1. The van der Waals surface area contributed by atoms with Crippen LogP contribution in [0.5, 0.6) is 5.88 Å². The average molecular weight is 283 g/mol. The smallest absolute Gasteiger partial charge is 0.256 e. The van der Waals surface area contributed by atoms with Gasteiger partial charge in [-0.1, -0.05) is 24.0 Å². The van der Waals surface area contributed by atoms with Crippen LogP contribution in [0.2, 0.25) is 0 Å². The molecular formula is C15H13N3O3. The summed E-state index contributed by atoms with van der Waals surface area (Å²) in [7, 11) is 0. The zero-order chi connectivity index (χ0) is 15.2. The van der Waals surface area contributed by atoms with E-state index in [2.05, 4.69) is 22.1 Å². The first kappa shape index (κ1) is 14.4. The van der Waals surface area contributed by atoms with Crippen LogP contribution in [-0.2, 0) is 0 Å². The molecule has 5 N–H and O–H groups in total. The van der Waals surface area contributed by atoms with Gasteiger partial charge < -0.3 is 16.2 Å². The molecule has 1 aromatic heterocycles. The number of pyridine rings is 1. The summed E-state index contributed by atoms with van der Waals surface area (Å²) in [6, 6.07) is 9.24. The zero-order valence-corrected chi connectivity index (χ0v) is 11.0. The molecule has 0 bridgehead atoms. The van der Waals surface area contributed by atoms with E-state index < -0.39 is 11.5 Å². The Bertz CT molecular complexity index is 784. The molecule has 0 radical (unpaired) electrons. The lowest BCUT2D eigenvalue weighted by molar-refractivity contribution is 0.102. The maximum absolute atomic E-state index is 12.1. The molecule has 0 unspecified atom stereocenters. The number of hydrogen-bond acceptors (Lipinski definition) is 4. The van der Waals surface area contributed by atoms with Gasteiger partial charge in [-0.2, -0.15) is 0 Å². The largest absolute Gasteiger partial charge is 0.494 e. The molecule has 0 aliphatic heterocycles. The molecule has 2 rings (SSSR count). The van der Waals surface area contributed by atoms with Crippen LogP contribution in [0.4, 0.5) is 5.69 Å². The van der Waals surface area contributed by atoms with E-state index in [1.54, 1.807) is 24.3 Å². The van der Waals surface area contributed by atoms with Crippen LogP contribution in [0.15, 0.2) is 41.2 Å². The topological polar surface area (TPSA) is 108 Å². The van der Waals surface area contributed by atoms with Gasteiger partial charge in [-0.25, -0.2) is 0 Å². The van der Waals surface area contributed by atoms with Crippen molar-refractivity contribution in [1.29, 1.82) is 0 Å². The first-order chi connectivity index (χ1) is 10.1. The molecule has 6 nitrogen and oxygen atoms in total. The van der Waals surface area contributed by atoms with Crippen LogP contribution in [0.3, 0.4) is 0 Å². The Morgan fingerprint density at radius 1 is 1.33 bits per heavy atom. The van der Waals surface area contributed by atoms with Crippen molar-refractivity contribution >= 4 is 11.6 Å². The Kier molecular flexibility index (Phi) is 4.39. The minimum Gasteiger partial charge on any atom is -0.494 e. The van der Waals surface area contributed by atoms with Gasteiger partial charge in [-0.15, -0.1) is 0 Å². The number of aromatic nitrogens is 1. The molecule has 1 amide bonds. The fraction of sp³-hybridized carbons (Fsp3) is 0.0667. The van der Waals surface area contributed by atoms with Crippen LogP contribution < -0.4 is 16.6 Å². The van der Waals surface area contributed by atoms with Crippen LogP contribution in [0.25, 0.3) is 0 Å². The summed E-state index contributed by atoms with van der Waals surface area (Å²) < 4.78 is 0. The number of anilines is 1. The van der Waals surface area contributed by atoms with Crippen molar-refractivity contribution in [2.45, 2.75) is 0 Å². The molecule has 1 aromatic carbocycles. The lowest BCUT2D eigenvalue weighted by atomic mass is 10.1. The number of H-pyrrole nitrogens is 1. The van der Waals surface area contributed by atoms with E-state index in [0.29, 0.717) is 11.3 Å². The van der Waals surface area contributed by atoms with E-state index >= 15 is 0 Å². The molecule has 21 heavy (non-hydrogen) atoms. The van der Waals surface area contributed by atoms with E-state index in [0.717, 1.165) is 6.07 Å². The summed E-state index contributed by atoms with van der Waals surface area (Å²) in [5, 5.41) is 12.0. The van der Waals surface area contributed by atoms with Gasteiger partial charge in [0.05, 0.1) is 17.8 Å². The molecule has 0 fully saturated rings. The highest BCUT2D eigenvalue weighted by Gasteiger charge is 2.10. The Morgan fingerprint density at radius 3 is 2.81 bits per heavy atom. The Hall–Kier alpha value is -3.04. The second-order valence-electron chi connectivity index (χ2n) is 4.12. The zero-order valence-electron chi connectivity index (χ0n) is 11.0. The minimum atomic E-state index is -0.559. The van der Waals surface area contributed by atoms with Gasteiger partial charge in [0.1, 0.15) is 0 Å². The Balaban J connectivity index is 2.29. The van der Waals surface area contributed by atoms with E-state index in [-0.39, 0.29) is 18.0 Å². The number of para-hydroxylation sites is 1. The van der Waals surface area contributed by atoms with Crippen molar-refractivity contribution in [3.05, 3.63) is 57.9 Å². The average Bonchev–Trinajstić information content (AvgIpc) is 2.45. The van der Waals surface area contributed by atoms with Gasteiger partial charge in [0.25, 0.3) is 11.5 Å². The quantitative estimate of drug-likeness (QED) is 0.606. The normalized spacial score (nSPS) is 9.57. The summed E-state index contributed by atoms with van der Waals surface area (Å²) in [4.78, 5) is 25.5. The van der Waals surface area contributed by atoms with Gasteiger partial charge in [-0.3, -0.25) is 14.6 Å². The number of nitrogens with two attached hydrogens (primary N) is 1. The van der Waals surface area contributed by atoms with E-state index in [1.165, 1.54) is 6.07 Å². The molecule has 0 spiro atoms. The van der Waals surface area contributed by atoms with Crippen molar-refractivity contribution in [2.75, 3.05) is 11.9 Å². The van der Waals surface area contributed by atoms with Crippen molar-refractivity contribution < 1.29 is 9.90 Å². The highest BCUT2D eigenvalue weighted by molar-refractivity contribution is 6.05. The van der Waals surface area contributed by atoms with Crippen molar-refractivity contribution in [2.24, 2.45) is 5.73 Å². The van der Waals surface area contributed by atoms with E-state index in [9.17, 15) is 14.7 Å². The van der Waals surface area contributed by atoms with Crippen LogP contribution in [0, 0.1) is 11.8 Å². The number of carbonyl (C=O) groups excluding carboxylic acids is 1. The predicted molar refractivity (Wildman–Crippen MR) is 79.1 cm³/mol. The second-order valence-corrected chi connectivity index (χ2v) is 4.12. The van der Waals surface area contributed by atoms with Crippen LogP contribution >= 0.6 is 0 Å². The van der Waals surface area contributed by atoms with Crippen molar-refractivity contribution in [1.82, 2.24) is 4.98 Å². The predicted octanol–water partition coefficient (Wildman–Crippen LogP) is 0.643. The van der Waals surface area contributed by atoms with Crippen LogP contribution in [0.1, 0.15) is 15.9 Å². The van der Waals surface area contributed by atoms with Gasteiger partial charge >= 0.3 is 0 Å². The SMILES string of the molecule is NCC#Cc1ccccc1NC(=O)c1cc(O)[nH]c(=O)c1. The summed E-state index contributed by atoms with van der Waals surface area (Å²) in [5.74, 6) is 4.67. The van der Waals surface area contributed by atoms with E-state index in [4.69, 9.17) is 5.73 Å². The maximum atomic E-state index is 12.1. The molecule has 0 aliphatic carbocycles. The highest BCUT2D eigenvalue weighted by atomic mass is 16.3. The van der Waals surface area contributed by atoms with Crippen molar-refractivity contribution in [3.63, 3.8) is 0 Å². The number of rotatable bonds is 2. The molecule has 1 heterocycles. The fourth-order valence-corrected chi connectivity index (χ4v) is 1.70. The number of aromatic hydroxyl groups is 1. The van der Waals surface area contributed by atoms with Gasteiger partial charge in [0.15, 0.2) is 5.88 Å². The molecule has 0 saturated carbocycles. The number of aromatic amines is 1. The first-order valence-corrected chi connectivity index (χ1v) is 6.13. The molecule has 0 saturated heterocycles. The third-order valence-corrected chi connectivity index (χ3v) is 2.59. The molecule has 2 aromatic rings. The summed E-state index contributed by atoms with van der Waals surface area (Å²) in [6.45, 7) is 0.213. The summed E-state index contributed by atoms with van der Waals surface area (Å²) >= 11 is 0. The van der Waals surface area contributed by atoms with Gasteiger partial charge in [0.2, 0.25) is 0 Å². The molecule has 0 atom stereocenters. The Labute approximate surface area is 120 Å².